The van der Waals surface area contributed by atoms with E-state index < -0.39 is 0 Å². The fraction of sp³-hybridized carbons (Fsp3) is 0.391. The van der Waals surface area contributed by atoms with Gasteiger partial charge in [-0.15, -0.1) is 0 Å². The average Bonchev–Trinajstić information content (AvgIpc) is 3.02. The number of imidazole rings is 1. The first-order valence-electron chi connectivity index (χ1n) is 9.87. The molecule has 0 aliphatic heterocycles. The highest BCUT2D eigenvalue weighted by Crippen LogP contribution is 2.20. The molecule has 0 unspecified atom stereocenters. The molecule has 0 radical (unpaired) electrons. The number of rotatable bonds is 8. The molecule has 0 saturated carbocycles. The van der Waals surface area contributed by atoms with Crippen molar-refractivity contribution in [2.75, 3.05) is 6.61 Å². The molecule has 0 aliphatic rings. The zero-order valence-electron chi connectivity index (χ0n) is 17.2. The van der Waals surface area contributed by atoms with Crippen LogP contribution in [0.25, 0.3) is 11.0 Å². The molecule has 0 bridgehead atoms. The van der Waals surface area contributed by atoms with Gasteiger partial charge in [0.25, 0.3) is 0 Å². The van der Waals surface area contributed by atoms with Crippen LogP contribution in [-0.2, 0) is 17.9 Å². The van der Waals surface area contributed by atoms with Crippen LogP contribution < -0.4 is 10.1 Å². The zero-order chi connectivity index (χ0) is 20.1. The van der Waals surface area contributed by atoms with Gasteiger partial charge < -0.3 is 14.6 Å². The summed E-state index contributed by atoms with van der Waals surface area (Å²) in [7, 11) is 0. The van der Waals surface area contributed by atoms with Crippen molar-refractivity contribution >= 4 is 16.9 Å². The lowest BCUT2D eigenvalue weighted by Gasteiger charge is -2.13. The van der Waals surface area contributed by atoms with E-state index in [-0.39, 0.29) is 11.8 Å². The number of aromatic nitrogens is 2. The van der Waals surface area contributed by atoms with E-state index in [9.17, 15) is 4.79 Å². The molecule has 148 valence electrons. The number of fused-ring (bicyclic) bond motifs is 1. The van der Waals surface area contributed by atoms with Gasteiger partial charge in [-0.25, -0.2) is 4.98 Å². The van der Waals surface area contributed by atoms with Crippen LogP contribution in [-0.4, -0.2) is 22.1 Å². The van der Waals surface area contributed by atoms with Gasteiger partial charge in [0, 0.05) is 12.5 Å². The van der Waals surface area contributed by atoms with E-state index in [0.29, 0.717) is 13.2 Å². The van der Waals surface area contributed by atoms with Crippen LogP contribution in [0.2, 0.25) is 0 Å². The van der Waals surface area contributed by atoms with Gasteiger partial charge in [-0.1, -0.05) is 43.7 Å². The minimum atomic E-state index is -0.0380. The van der Waals surface area contributed by atoms with Crippen molar-refractivity contribution in [1.29, 1.82) is 0 Å². The van der Waals surface area contributed by atoms with E-state index in [1.54, 1.807) is 0 Å². The molecule has 0 aliphatic carbocycles. The lowest BCUT2D eigenvalue weighted by atomic mass is 10.1. The van der Waals surface area contributed by atoms with Crippen LogP contribution in [0.15, 0.2) is 42.5 Å². The second-order valence-electron chi connectivity index (χ2n) is 7.51. The summed E-state index contributed by atoms with van der Waals surface area (Å²) in [6.07, 6.45) is 0.860. The number of carbonyl (C=O) groups excluding carboxylic acids is 1. The Kier molecular flexibility index (Phi) is 6.34. The fourth-order valence-corrected chi connectivity index (χ4v) is 3.25. The summed E-state index contributed by atoms with van der Waals surface area (Å²) in [6.45, 7) is 9.79. The summed E-state index contributed by atoms with van der Waals surface area (Å²) >= 11 is 0. The second-order valence-corrected chi connectivity index (χ2v) is 7.51. The first kappa shape index (κ1) is 19.9. The predicted molar refractivity (Wildman–Crippen MR) is 112 cm³/mol. The van der Waals surface area contributed by atoms with Gasteiger partial charge in [-0.3, -0.25) is 4.79 Å². The Hall–Kier alpha value is -2.82. The van der Waals surface area contributed by atoms with E-state index in [0.717, 1.165) is 41.1 Å². The smallest absolute Gasteiger partial charge is 0.222 e. The molecular formula is C23H29N3O2. The maximum Gasteiger partial charge on any atom is 0.222 e. The molecule has 1 amide bonds. The van der Waals surface area contributed by atoms with Gasteiger partial charge >= 0.3 is 0 Å². The minimum absolute atomic E-state index is 0.0380. The van der Waals surface area contributed by atoms with E-state index in [1.807, 2.05) is 38.1 Å². The van der Waals surface area contributed by atoms with Crippen molar-refractivity contribution in [2.45, 2.75) is 47.2 Å². The summed E-state index contributed by atoms with van der Waals surface area (Å²) in [5, 5.41) is 2.98. The summed E-state index contributed by atoms with van der Waals surface area (Å²) in [5.41, 5.74) is 4.43. The Bertz CT molecular complexity index is 960. The van der Waals surface area contributed by atoms with Crippen LogP contribution in [0.5, 0.6) is 5.75 Å². The molecule has 0 saturated heterocycles. The van der Waals surface area contributed by atoms with Crippen molar-refractivity contribution in [3.8, 4) is 5.75 Å². The van der Waals surface area contributed by atoms with Crippen LogP contribution in [0.1, 0.15) is 37.2 Å². The van der Waals surface area contributed by atoms with Crippen LogP contribution in [0.3, 0.4) is 0 Å². The lowest BCUT2D eigenvalue weighted by molar-refractivity contribution is -0.124. The highest BCUT2D eigenvalue weighted by Gasteiger charge is 2.13. The molecule has 0 spiro atoms. The van der Waals surface area contributed by atoms with Crippen LogP contribution in [0, 0.1) is 19.8 Å². The normalized spacial score (nSPS) is 11.2. The summed E-state index contributed by atoms with van der Waals surface area (Å²) < 4.78 is 8.15. The Morgan fingerprint density at radius 2 is 1.96 bits per heavy atom. The van der Waals surface area contributed by atoms with Crippen molar-refractivity contribution in [3.63, 3.8) is 0 Å². The number of amides is 1. The Balaban J connectivity index is 1.67. The van der Waals surface area contributed by atoms with Gasteiger partial charge in [0.1, 0.15) is 11.6 Å². The Labute approximate surface area is 166 Å². The summed E-state index contributed by atoms with van der Waals surface area (Å²) in [4.78, 5) is 16.7. The second kappa shape index (κ2) is 8.91. The summed E-state index contributed by atoms with van der Waals surface area (Å²) in [6, 6.07) is 14.3. The standard InChI is InChI=1S/C23H29N3O2/c1-16(2)23(27)24-15-22-25-19-8-5-6-9-20(19)26(22)12-7-13-28-21-11-10-17(3)14-18(21)4/h5-6,8-11,14,16H,7,12-13,15H2,1-4H3,(H,24,27). The maximum atomic E-state index is 11.9. The fourth-order valence-electron chi connectivity index (χ4n) is 3.25. The largest absolute Gasteiger partial charge is 0.493 e. The first-order valence-corrected chi connectivity index (χ1v) is 9.87. The van der Waals surface area contributed by atoms with Crippen molar-refractivity contribution in [1.82, 2.24) is 14.9 Å². The van der Waals surface area contributed by atoms with Crippen LogP contribution in [0.4, 0.5) is 0 Å². The number of nitrogens with zero attached hydrogens (tertiary/aromatic N) is 2. The molecule has 28 heavy (non-hydrogen) atoms. The third-order valence-electron chi connectivity index (χ3n) is 4.79. The van der Waals surface area contributed by atoms with E-state index in [2.05, 4.69) is 41.9 Å². The third kappa shape index (κ3) is 4.71. The Morgan fingerprint density at radius 1 is 1.18 bits per heavy atom. The Morgan fingerprint density at radius 3 is 2.71 bits per heavy atom. The minimum Gasteiger partial charge on any atom is -0.493 e. The quantitative estimate of drug-likeness (QED) is 0.591. The number of carbonyl (C=O) groups is 1. The van der Waals surface area contributed by atoms with Crippen LogP contribution >= 0.6 is 0 Å². The molecule has 1 aromatic heterocycles. The van der Waals surface area contributed by atoms with Crippen molar-refractivity contribution < 1.29 is 9.53 Å². The molecule has 0 atom stereocenters. The zero-order valence-corrected chi connectivity index (χ0v) is 17.2. The average molecular weight is 380 g/mol. The number of aryl methyl sites for hydroxylation is 3. The molecule has 3 aromatic rings. The molecule has 0 fully saturated rings. The molecule has 2 aromatic carbocycles. The van der Waals surface area contributed by atoms with Gasteiger partial charge in [0.05, 0.1) is 24.2 Å². The predicted octanol–water partition coefficient (Wildman–Crippen LogP) is 4.39. The maximum absolute atomic E-state index is 11.9. The molecule has 1 heterocycles. The van der Waals surface area contributed by atoms with Gasteiger partial charge in [-0.2, -0.15) is 0 Å². The SMILES string of the molecule is Cc1ccc(OCCCn2c(CNC(=O)C(C)C)nc3ccccc32)c(C)c1. The monoisotopic (exact) mass is 379 g/mol. The molecule has 1 N–H and O–H groups in total. The highest BCUT2D eigenvalue weighted by atomic mass is 16.5. The van der Waals surface area contributed by atoms with Gasteiger partial charge in [-0.05, 0) is 44.0 Å². The number of nitrogens with one attached hydrogen (secondary N) is 1. The number of ether oxygens (including phenoxy) is 1. The lowest BCUT2D eigenvalue weighted by Crippen LogP contribution is -2.28. The van der Waals surface area contributed by atoms with E-state index in [1.165, 1.54) is 5.56 Å². The van der Waals surface area contributed by atoms with E-state index in [4.69, 9.17) is 9.72 Å². The first-order chi connectivity index (χ1) is 13.5. The molecule has 5 nitrogen and oxygen atoms in total. The van der Waals surface area contributed by atoms with Gasteiger partial charge in [0.15, 0.2) is 0 Å². The van der Waals surface area contributed by atoms with E-state index >= 15 is 0 Å². The van der Waals surface area contributed by atoms with Crippen molar-refractivity contribution in [2.24, 2.45) is 5.92 Å². The molecule has 5 heteroatoms. The highest BCUT2D eigenvalue weighted by molar-refractivity contribution is 5.78. The van der Waals surface area contributed by atoms with Crippen molar-refractivity contribution in [3.05, 3.63) is 59.4 Å². The number of para-hydroxylation sites is 2. The number of hydrogen-bond donors (Lipinski definition) is 1. The molecular weight excluding hydrogens is 350 g/mol. The third-order valence-corrected chi connectivity index (χ3v) is 4.79. The number of benzene rings is 2. The number of hydrogen-bond acceptors (Lipinski definition) is 3. The topological polar surface area (TPSA) is 56.1 Å². The molecule has 3 rings (SSSR count). The summed E-state index contributed by atoms with van der Waals surface area (Å²) in [5.74, 6) is 1.81. The van der Waals surface area contributed by atoms with Gasteiger partial charge in [0.2, 0.25) is 5.91 Å².